The minimum Gasteiger partial charge on any atom is -0.493 e. The molecule has 1 aliphatic carbocycles. The first-order valence-electron chi connectivity index (χ1n) is 10.5. The summed E-state index contributed by atoms with van der Waals surface area (Å²) in [6, 6.07) is 18.0. The number of benzene rings is 2. The molecule has 1 saturated heterocycles. The zero-order chi connectivity index (χ0) is 20.5. The highest BCUT2D eigenvalue weighted by molar-refractivity contribution is 5.64. The molecule has 3 atom stereocenters. The SMILES string of the molecule is CCc1cnc(N2C[C@@H]3C(COc4ccc(-c5ccc(C#N)cc5)cc4)[C@@H]3C2)nc1. The summed E-state index contributed by atoms with van der Waals surface area (Å²) in [5.41, 5.74) is 4.09. The van der Waals surface area contributed by atoms with Gasteiger partial charge in [-0.05, 0) is 59.2 Å². The van der Waals surface area contributed by atoms with Crippen LogP contribution in [0.15, 0.2) is 60.9 Å². The molecule has 0 N–H and O–H groups in total. The van der Waals surface area contributed by atoms with Crippen molar-refractivity contribution in [3.05, 3.63) is 72.1 Å². The van der Waals surface area contributed by atoms with E-state index < -0.39 is 0 Å². The molecular weight excluding hydrogens is 372 g/mol. The maximum atomic E-state index is 8.92. The third-order valence-corrected chi connectivity index (χ3v) is 6.40. The summed E-state index contributed by atoms with van der Waals surface area (Å²) in [5, 5.41) is 8.92. The van der Waals surface area contributed by atoms with Gasteiger partial charge in [-0.25, -0.2) is 9.97 Å². The predicted octanol–water partition coefficient (Wildman–Crippen LogP) is 4.34. The maximum absolute atomic E-state index is 8.92. The summed E-state index contributed by atoms with van der Waals surface area (Å²) in [5.74, 6) is 3.79. The number of anilines is 1. The molecular formula is C25H24N4O. The van der Waals surface area contributed by atoms with Crippen molar-refractivity contribution in [1.82, 2.24) is 9.97 Å². The van der Waals surface area contributed by atoms with Crippen LogP contribution in [0, 0.1) is 29.1 Å². The van der Waals surface area contributed by atoms with Crippen LogP contribution in [-0.4, -0.2) is 29.7 Å². The van der Waals surface area contributed by atoms with Crippen LogP contribution in [0.4, 0.5) is 5.95 Å². The second-order valence-electron chi connectivity index (χ2n) is 8.17. The highest BCUT2D eigenvalue weighted by Gasteiger charge is 2.56. The molecule has 0 amide bonds. The van der Waals surface area contributed by atoms with Gasteiger partial charge >= 0.3 is 0 Å². The molecule has 2 fully saturated rings. The third-order valence-electron chi connectivity index (χ3n) is 6.40. The van der Waals surface area contributed by atoms with E-state index in [9.17, 15) is 0 Å². The maximum Gasteiger partial charge on any atom is 0.225 e. The molecule has 1 unspecified atom stereocenters. The number of rotatable bonds is 6. The van der Waals surface area contributed by atoms with Crippen LogP contribution in [0.25, 0.3) is 11.1 Å². The lowest BCUT2D eigenvalue weighted by atomic mass is 10.0. The van der Waals surface area contributed by atoms with Crippen molar-refractivity contribution in [2.24, 2.45) is 17.8 Å². The van der Waals surface area contributed by atoms with E-state index in [4.69, 9.17) is 10.00 Å². The quantitative estimate of drug-likeness (QED) is 0.620. The standard InChI is InChI=1S/C25H24N4O/c1-2-17-12-27-25(28-13-17)29-14-22-23(15-29)24(22)16-30-21-9-7-20(8-10-21)19-5-3-18(11-26)4-6-19/h3-10,12-13,22-24H,2,14-16H2,1H3/t22-,23+,24?. The number of ether oxygens (including phenoxy) is 1. The van der Waals surface area contributed by atoms with E-state index in [0.717, 1.165) is 48.9 Å². The van der Waals surface area contributed by atoms with Crippen molar-refractivity contribution in [3.8, 4) is 22.9 Å². The average Bonchev–Trinajstić information content (AvgIpc) is 3.26. The fourth-order valence-corrected chi connectivity index (χ4v) is 4.43. The molecule has 2 aromatic carbocycles. The molecule has 2 heterocycles. The van der Waals surface area contributed by atoms with Gasteiger partial charge in [-0.15, -0.1) is 0 Å². The zero-order valence-corrected chi connectivity index (χ0v) is 17.0. The van der Waals surface area contributed by atoms with Gasteiger partial charge in [0, 0.05) is 31.4 Å². The Morgan fingerprint density at radius 1 is 0.967 bits per heavy atom. The van der Waals surface area contributed by atoms with Crippen molar-refractivity contribution in [3.63, 3.8) is 0 Å². The van der Waals surface area contributed by atoms with E-state index in [2.05, 4.69) is 40.0 Å². The monoisotopic (exact) mass is 396 g/mol. The van der Waals surface area contributed by atoms with Crippen LogP contribution in [0.1, 0.15) is 18.1 Å². The van der Waals surface area contributed by atoms with E-state index in [1.165, 1.54) is 5.56 Å². The molecule has 0 bridgehead atoms. The molecule has 1 aromatic heterocycles. The molecule has 5 nitrogen and oxygen atoms in total. The Morgan fingerprint density at radius 3 is 2.13 bits per heavy atom. The number of nitriles is 1. The number of nitrogens with zero attached hydrogens (tertiary/aromatic N) is 4. The lowest BCUT2D eigenvalue weighted by Crippen LogP contribution is -2.27. The zero-order valence-electron chi connectivity index (χ0n) is 17.0. The highest BCUT2D eigenvalue weighted by atomic mass is 16.5. The van der Waals surface area contributed by atoms with Crippen molar-refractivity contribution in [2.45, 2.75) is 13.3 Å². The molecule has 5 rings (SSSR count). The largest absolute Gasteiger partial charge is 0.493 e. The summed E-state index contributed by atoms with van der Waals surface area (Å²) in [7, 11) is 0. The Labute approximate surface area is 177 Å². The summed E-state index contributed by atoms with van der Waals surface area (Å²) in [4.78, 5) is 11.3. The molecule has 3 aromatic rings. The number of aromatic nitrogens is 2. The van der Waals surface area contributed by atoms with Gasteiger partial charge in [0.15, 0.2) is 0 Å². The van der Waals surface area contributed by atoms with Crippen molar-refractivity contribution >= 4 is 5.95 Å². The topological polar surface area (TPSA) is 62.0 Å². The molecule has 0 radical (unpaired) electrons. The van der Waals surface area contributed by atoms with E-state index in [0.29, 0.717) is 23.3 Å². The Balaban J connectivity index is 1.12. The predicted molar refractivity (Wildman–Crippen MR) is 116 cm³/mol. The number of aryl methyl sites for hydroxylation is 1. The minimum atomic E-state index is 0.634. The van der Waals surface area contributed by atoms with Gasteiger partial charge in [0.05, 0.1) is 18.2 Å². The van der Waals surface area contributed by atoms with Crippen molar-refractivity contribution in [1.29, 1.82) is 5.26 Å². The Hall–Kier alpha value is -3.39. The van der Waals surface area contributed by atoms with Gasteiger partial charge < -0.3 is 9.64 Å². The van der Waals surface area contributed by atoms with Gasteiger partial charge in [0.1, 0.15) is 5.75 Å². The summed E-state index contributed by atoms with van der Waals surface area (Å²) in [6.07, 6.45) is 4.85. The second kappa shape index (κ2) is 7.79. The molecule has 1 saturated carbocycles. The third kappa shape index (κ3) is 3.61. The Kier molecular flexibility index (Phi) is 4.84. The van der Waals surface area contributed by atoms with Crippen LogP contribution < -0.4 is 9.64 Å². The summed E-state index contributed by atoms with van der Waals surface area (Å²) in [6.45, 7) is 4.95. The van der Waals surface area contributed by atoms with Gasteiger partial charge in [0.25, 0.3) is 0 Å². The normalized spacial score (nSPS) is 21.7. The summed E-state index contributed by atoms with van der Waals surface area (Å²) < 4.78 is 6.07. The molecule has 0 spiro atoms. The first-order chi connectivity index (χ1) is 14.7. The van der Waals surface area contributed by atoms with Gasteiger partial charge in [-0.2, -0.15) is 5.26 Å². The molecule has 150 valence electrons. The van der Waals surface area contributed by atoms with Gasteiger partial charge in [-0.1, -0.05) is 31.2 Å². The Morgan fingerprint density at radius 2 is 1.57 bits per heavy atom. The fraction of sp³-hybridized carbons (Fsp3) is 0.320. The van der Waals surface area contributed by atoms with E-state index >= 15 is 0 Å². The lowest BCUT2D eigenvalue weighted by Gasteiger charge is -2.19. The first kappa shape index (κ1) is 18.6. The van der Waals surface area contributed by atoms with Crippen LogP contribution in [0.3, 0.4) is 0 Å². The highest BCUT2D eigenvalue weighted by Crippen LogP contribution is 2.52. The Bertz CT molecular complexity index is 1040. The van der Waals surface area contributed by atoms with E-state index in [1.54, 1.807) is 0 Å². The number of fused-ring (bicyclic) bond motifs is 1. The lowest BCUT2D eigenvalue weighted by molar-refractivity contribution is 0.283. The van der Waals surface area contributed by atoms with Crippen LogP contribution in [0.2, 0.25) is 0 Å². The number of hydrogen-bond donors (Lipinski definition) is 0. The van der Waals surface area contributed by atoms with Crippen molar-refractivity contribution < 1.29 is 4.74 Å². The van der Waals surface area contributed by atoms with Gasteiger partial charge in [-0.3, -0.25) is 0 Å². The first-order valence-corrected chi connectivity index (χ1v) is 10.5. The summed E-state index contributed by atoms with van der Waals surface area (Å²) >= 11 is 0. The van der Waals surface area contributed by atoms with Crippen molar-refractivity contribution in [2.75, 3.05) is 24.6 Å². The minimum absolute atomic E-state index is 0.634. The second-order valence-corrected chi connectivity index (χ2v) is 8.17. The van der Waals surface area contributed by atoms with E-state index in [1.807, 2.05) is 48.8 Å². The van der Waals surface area contributed by atoms with Gasteiger partial charge in [0.2, 0.25) is 5.95 Å². The molecule has 2 aliphatic rings. The van der Waals surface area contributed by atoms with Crippen LogP contribution >= 0.6 is 0 Å². The van der Waals surface area contributed by atoms with E-state index in [-0.39, 0.29) is 0 Å². The average molecular weight is 396 g/mol. The van der Waals surface area contributed by atoms with Crippen LogP contribution in [0.5, 0.6) is 5.75 Å². The fourth-order valence-electron chi connectivity index (χ4n) is 4.43. The molecule has 5 heteroatoms. The molecule has 1 aliphatic heterocycles. The number of hydrogen-bond acceptors (Lipinski definition) is 5. The smallest absolute Gasteiger partial charge is 0.225 e. The number of piperidine rings is 1. The van der Waals surface area contributed by atoms with Crippen LogP contribution in [-0.2, 0) is 6.42 Å². The molecule has 30 heavy (non-hydrogen) atoms.